The Labute approximate surface area is 78.2 Å². The first-order chi connectivity index (χ1) is 6.11. The largest absolute Gasteiger partial charge is 0.480 e. The van der Waals surface area contributed by atoms with E-state index >= 15 is 0 Å². The number of nitrogens with zero attached hydrogens (tertiary/aromatic N) is 1. The van der Waals surface area contributed by atoms with E-state index in [4.69, 9.17) is 10.2 Å². The zero-order valence-corrected chi connectivity index (χ0v) is 7.94. The summed E-state index contributed by atoms with van der Waals surface area (Å²) in [7, 11) is 0. The third-order valence-corrected chi connectivity index (χ3v) is 2.48. The van der Waals surface area contributed by atoms with Gasteiger partial charge in [-0.25, -0.2) is 0 Å². The van der Waals surface area contributed by atoms with Gasteiger partial charge in [-0.05, 0) is 32.7 Å². The molecule has 2 N–H and O–H groups in total. The summed E-state index contributed by atoms with van der Waals surface area (Å²) in [6.07, 6.45) is 2.02. The summed E-state index contributed by atoms with van der Waals surface area (Å²) >= 11 is 0. The third-order valence-electron chi connectivity index (χ3n) is 2.48. The smallest absolute Gasteiger partial charge is 0.320 e. The fraction of sp³-hybridized carbons (Fsp3) is 0.889. The zero-order valence-electron chi connectivity index (χ0n) is 7.94. The van der Waals surface area contributed by atoms with E-state index in [0.29, 0.717) is 13.0 Å². The van der Waals surface area contributed by atoms with Crippen LogP contribution < -0.4 is 0 Å². The Morgan fingerprint density at radius 1 is 1.69 bits per heavy atom. The van der Waals surface area contributed by atoms with Gasteiger partial charge in [0, 0.05) is 6.54 Å². The molecule has 2 atom stereocenters. The lowest BCUT2D eigenvalue weighted by atomic mass is 10.2. The maximum Gasteiger partial charge on any atom is 0.320 e. The molecular weight excluding hydrogens is 170 g/mol. The summed E-state index contributed by atoms with van der Waals surface area (Å²) in [5.41, 5.74) is 0. The van der Waals surface area contributed by atoms with Crippen LogP contribution in [-0.4, -0.2) is 46.3 Å². The van der Waals surface area contributed by atoms with Crippen molar-refractivity contribution in [1.29, 1.82) is 0 Å². The molecule has 4 heteroatoms. The topological polar surface area (TPSA) is 60.8 Å². The van der Waals surface area contributed by atoms with Crippen LogP contribution in [0.2, 0.25) is 0 Å². The Hall–Kier alpha value is -0.610. The van der Waals surface area contributed by atoms with Crippen LogP contribution in [0.1, 0.15) is 26.2 Å². The molecule has 4 nitrogen and oxygen atoms in total. The molecule has 0 aromatic rings. The highest BCUT2D eigenvalue weighted by atomic mass is 16.4. The molecule has 1 aliphatic rings. The van der Waals surface area contributed by atoms with Crippen molar-refractivity contribution in [3.8, 4) is 0 Å². The molecule has 0 spiro atoms. The van der Waals surface area contributed by atoms with Crippen LogP contribution in [0, 0.1) is 0 Å². The van der Waals surface area contributed by atoms with Crippen molar-refractivity contribution in [3.05, 3.63) is 0 Å². The minimum absolute atomic E-state index is 0.321. The summed E-state index contributed by atoms with van der Waals surface area (Å²) in [6, 6.07) is -0.321. The minimum Gasteiger partial charge on any atom is -0.480 e. The highest BCUT2D eigenvalue weighted by Crippen LogP contribution is 2.17. The summed E-state index contributed by atoms with van der Waals surface area (Å²) < 4.78 is 0. The first-order valence-electron chi connectivity index (χ1n) is 4.76. The molecule has 2 unspecified atom stereocenters. The second-order valence-electron chi connectivity index (χ2n) is 3.67. The van der Waals surface area contributed by atoms with E-state index in [9.17, 15) is 4.79 Å². The van der Waals surface area contributed by atoms with Crippen molar-refractivity contribution in [2.24, 2.45) is 0 Å². The van der Waals surface area contributed by atoms with Crippen molar-refractivity contribution in [3.63, 3.8) is 0 Å². The van der Waals surface area contributed by atoms with Crippen molar-refractivity contribution in [2.75, 3.05) is 13.1 Å². The van der Waals surface area contributed by atoms with Gasteiger partial charge in [0.25, 0.3) is 0 Å². The molecule has 0 amide bonds. The second kappa shape index (κ2) is 4.58. The van der Waals surface area contributed by atoms with Gasteiger partial charge >= 0.3 is 5.97 Å². The monoisotopic (exact) mass is 187 g/mol. The van der Waals surface area contributed by atoms with Gasteiger partial charge in [0.15, 0.2) is 0 Å². The highest BCUT2D eigenvalue weighted by molar-refractivity contribution is 5.73. The maximum absolute atomic E-state index is 10.8. The normalized spacial score (nSPS) is 26.2. The first kappa shape index (κ1) is 10.5. The lowest BCUT2D eigenvalue weighted by Gasteiger charge is -2.21. The molecule has 1 fully saturated rings. The van der Waals surface area contributed by atoms with Gasteiger partial charge in [-0.2, -0.15) is 0 Å². The third kappa shape index (κ3) is 2.97. The SMILES string of the molecule is CC(O)CCN1CCCC1C(=O)O. The van der Waals surface area contributed by atoms with E-state index in [-0.39, 0.29) is 12.1 Å². The standard InChI is InChI=1S/C9H17NO3/c1-7(11)4-6-10-5-2-3-8(10)9(12)13/h7-8,11H,2-6H2,1H3,(H,12,13). The van der Waals surface area contributed by atoms with Crippen LogP contribution >= 0.6 is 0 Å². The van der Waals surface area contributed by atoms with Crippen LogP contribution in [0.3, 0.4) is 0 Å². The summed E-state index contributed by atoms with van der Waals surface area (Å²) in [6.45, 7) is 3.27. The van der Waals surface area contributed by atoms with Crippen LogP contribution in [0.25, 0.3) is 0 Å². The average molecular weight is 187 g/mol. The molecular formula is C9H17NO3. The highest BCUT2D eigenvalue weighted by Gasteiger charge is 2.29. The molecule has 0 aliphatic carbocycles. The number of aliphatic hydroxyl groups excluding tert-OH is 1. The maximum atomic E-state index is 10.8. The average Bonchev–Trinajstić information content (AvgIpc) is 2.47. The molecule has 0 saturated carbocycles. The summed E-state index contributed by atoms with van der Waals surface area (Å²) in [5.74, 6) is -0.733. The van der Waals surface area contributed by atoms with E-state index in [0.717, 1.165) is 19.4 Å². The Morgan fingerprint density at radius 2 is 2.38 bits per heavy atom. The van der Waals surface area contributed by atoms with Crippen LogP contribution in [0.5, 0.6) is 0 Å². The molecule has 1 heterocycles. The molecule has 1 saturated heterocycles. The number of rotatable bonds is 4. The van der Waals surface area contributed by atoms with Gasteiger partial charge in [0.1, 0.15) is 6.04 Å². The molecule has 0 bridgehead atoms. The van der Waals surface area contributed by atoms with Gasteiger partial charge in [0.2, 0.25) is 0 Å². The molecule has 76 valence electrons. The minimum atomic E-state index is -0.733. The van der Waals surface area contributed by atoms with Gasteiger partial charge in [0.05, 0.1) is 6.10 Å². The van der Waals surface area contributed by atoms with E-state index in [1.807, 2.05) is 4.90 Å². The molecule has 1 rings (SSSR count). The summed E-state index contributed by atoms with van der Waals surface area (Å²) in [5, 5.41) is 17.9. The number of carboxylic acids is 1. The Kier molecular flexibility index (Phi) is 3.69. The molecule has 13 heavy (non-hydrogen) atoms. The van der Waals surface area contributed by atoms with Crippen molar-refractivity contribution in [1.82, 2.24) is 4.90 Å². The molecule has 0 aromatic carbocycles. The van der Waals surface area contributed by atoms with E-state index in [2.05, 4.69) is 0 Å². The number of carbonyl (C=O) groups is 1. The zero-order chi connectivity index (χ0) is 9.84. The van der Waals surface area contributed by atoms with Crippen molar-refractivity contribution in [2.45, 2.75) is 38.3 Å². The van der Waals surface area contributed by atoms with Crippen LogP contribution in [0.15, 0.2) is 0 Å². The Morgan fingerprint density at radius 3 is 2.92 bits per heavy atom. The summed E-state index contributed by atoms with van der Waals surface area (Å²) in [4.78, 5) is 12.7. The lowest BCUT2D eigenvalue weighted by molar-refractivity contribution is -0.142. The van der Waals surface area contributed by atoms with Crippen LogP contribution in [0.4, 0.5) is 0 Å². The van der Waals surface area contributed by atoms with E-state index < -0.39 is 5.97 Å². The van der Waals surface area contributed by atoms with Gasteiger partial charge in [-0.15, -0.1) is 0 Å². The molecule has 1 aliphatic heterocycles. The lowest BCUT2D eigenvalue weighted by Crippen LogP contribution is -2.37. The Balaban J connectivity index is 2.35. The predicted octanol–water partition coefficient (Wildman–Crippen LogP) is 0.306. The second-order valence-corrected chi connectivity index (χ2v) is 3.67. The number of hydrogen-bond acceptors (Lipinski definition) is 3. The molecule has 0 radical (unpaired) electrons. The van der Waals surface area contributed by atoms with Gasteiger partial charge < -0.3 is 10.2 Å². The van der Waals surface area contributed by atoms with Crippen LogP contribution in [-0.2, 0) is 4.79 Å². The fourth-order valence-corrected chi connectivity index (χ4v) is 1.73. The van der Waals surface area contributed by atoms with Crippen molar-refractivity contribution < 1.29 is 15.0 Å². The van der Waals surface area contributed by atoms with Crippen molar-refractivity contribution >= 4 is 5.97 Å². The number of hydrogen-bond donors (Lipinski definition) is 2. The van der Waals surface area contributed by atoms with Gasteiger partial charge in [-0.3, -0.25) is 9.69 Å². The number of likely N-dealkylation sites (tertiary alicyclic amines) is 1. The molecule has 0 aromatic heterocycles. The number of aliphatic hydroxyl groups is 1. The Bertz CT molecular complexity index is 182. The van der Waals surface area contributed by atoms with E-state index in [1.165, 1.54) is 0 Å². The van der Waals surface area contributed by atoms with Gasteiger partial charge in [-0.1, -0.05) is 0 Å². The van der Waals surface area contributed by atoms with E-state index in [1.54, 1.807) is 6.92 Å². The predicted molar refractivity (Wildman–Crippen MR) is 48.5 cm³/mol. The number of carboxylic acid groups (broad SMARTS) is 1. The number of aliphatic carboxylic acids is 1. The quantitative estimate of drug-likeness (QED) is 0.665. The first-order valence-corrected chi connectivity index (χ1v) is 4.76. The fourth-order valence-electron chi connectivity index (χ4n) is 1.73.